The number of carbonyl (C=O) groups excluding carboxylic acids is 1. The van der Waals surface area contributed by atoms with Gasteiger partial charge in [-0.2, -0.15) is 23.4 Å². The lowest BCUT2D eigenvalue weighted by Gasteiger charge is -2.01. The van der Waals surface area contributed by atoms with Crippen molar-refractivity contribution in [1.29, 1.82) is 0 Å². The topological polar surface area (TPSA) is 63.1 Å². The molecule has 0 aliphatic rings. The fourth-order valence-corrected chi connectivity index (χ4v) is 0.732. The van der Waals surface area contributed by atoms with E-state index >= 15 is 0 Å². The Balaban J connectivity index is 2.91. The Morgan fingerprint density at radius 3 is 2.53 bits per heavy atom. The summed E-state index contributed by atoms with van der Waals surface area (Å²) in [4.78, 5) is 10.5. The van der Waals surface area contributed by atoms with Gasteiger partial charge in [0, 0.05) is 11.6 Å². The molecule has 0 aliphatic carbocycles. The van der Waals surface area contributed by atoms with Gasteiger partial charge in [0.05, 0.1) is 12.4 Å². The summed E-state index contributed by atoms with van der Waals surface area (Å²) in [5.41, 5.74) is -0.0115. The number of hydrogen-bond donors (Lipinski definition) is 1. The molecule has 0 amide bonds. The number of aliphatic hydroxyl groups excluding tert-OH is 1. The lowest BCUT2D eigenvalue weighted by Crippen LogP contribution is -2.20. The van der Waals surface area contributed by atoms with Crippen molar-refractivity contribution < 1.29 is 23.1 Å². The summed E-state index contributed by atoms with van der Waals surface area (Å²) in [6, 6.07) is 1.22. The minimum Gasteiger partial charge on any atom is -0.507 e. The Morgan fingerprint density at radius 1 is 1.40 bits per heavy atom. The maximum Gasteiger partial charge on any atom is 0.454 e. The van der Waals surface area contributed by atoms with Crippen LogP contribution in [0.15, 0.2) is 24.5 Å². The van der Waals surface area contributed by atoms with Crippen LogP contribution in [-0.2, 0) is 4.79 Å². The van der Waals surface area contributed by atoms with E-state index < -0.39 is 17.7 Å². The van der Waals surface area contributed by atoms with Crippen molar-refractivity contribution >= 4 is 11.5 Å². The Morgan fingerprint density at radius 2 is 2.07 bits per heavy atom. The second-order valence-electron chi connectivity index (χ2n) is 2.52. The van der Waals surface area contributed by atoms with Crippen molar-refractivity contribution in [3.8, 4) is 0 Å². The van der Waals surface area contributed by atoms with Crippen molar-refractivity contribution in [3.63, 3.8) is 0 Å². The maximum atomic E-state index is 11.8. The zero-order chi connectivity index (χ0) is 11.5. The molecule has 1 heterocycles. The minimum absolute atomic E-state index is 0.0115. The van der Waals surface area contributed by atoms with Crippen molar-refractivity contribution in [2.75, 3.05) is 0 Å². The molecule has 1 rings (SSSR count). The van der Waals surface area contributed by atoms with Crippen LogP contribution in [0.4, 0.5) is 13.2 Å². The van der Waals surface area contributed by atoms with E-state index in [0.717, 1.165) is 6.20 Å². The fraction of sp³-hybridized carbons (Fsp3) is 0.125. The van der Waals surface area contributed by atoms with E-state index in [2.05, 4.69) is 10.2 Å². The third-order valence-corrected chi connectivity index (χ3v) is 1.43. The van der Waals surface area contributed by atoms with E-state index in [1.165, 1.54) is 12.3 Å². The largest absolute Gasteiger partial charge is 0.507 e. The molecule has 0 aliphatic heterocycles. The predicted octanol–water partition coefficient (Wildman–Crippen LogP) is 1.51. The summed E-state index contributed by atoms with van der Waals surface area (Å²) in [6.07, 6.45) is -2.68. The molecule has 0 radical (unpaired) electrons. The van der Waals surface area contributed by atoms with Crippen LogP contribution in [-0.4, -0.2) is 27.3 Å². The molecule has 1 aromatic rings. The highest BCUT2D eigenvalue weighted by Crippen LogP contribution is 2.19. The quantitative estimate of drug-likeness (QED) is 0.603. The Kier molecular flexibility index (Phi) is 3.03. The van der Waals surface area contributed by atoms with Crippen molar-refractivity contribution in [2.24, 2.45) is 0 Å². The van der Waals surface area contributed by atoms with E-state index in [9.17, 15) is 18.0 Å². The first-order valence-corrected chi connectivity index (χ1v) is 3.70. The zero-order valence-corrected chi connectivity index (χ0v) is 7.19. The van der Waals surface area contributed by atoms with Gasteiger partial charge < -0.3 is 5.11 Å². The maximum absolute atomic E-state index is 11.8. The van der Waals surface area contributed by atoms with Crippen LogP contribution in [0.3, 0.4) is 0 Å². The van der Waals surface area contributed by atoms with Gasteiger partial charge in [-0.3, -0.25) is 4.79 Å². The van der Waals surface area contributed by atoms with Crippen LogP contribution in [0.2, 0.25) is 0 Å². The van der Waals surface area contributed by atoms with Crippen molar-refractivity contribution in [1.82, 2.24) is 10.2 Å². The first-order valence-electron chi connectivity index (χ1n) is 3.70. The lowest BCUT2D eigenvalue weighted by atomic mass is 10.2. The van der Waals surface area contributed by atoms with E-state index in [-0.39, 0.29) is 11.6 Å². The number of halogens is 3. The van der Waals surface area contributed by atoms with Gasteiger partial charge in [0.2, 0.25) is 0 Å². The molecule has 4 nitrogen and oxygen atoms in total. The van der Waals surface area contributed by atoms with Crippen LogP contribution >= 0.6 is 0 Å². The molecule has 7 heteroatoms. The van der Waals surface area contributed by atoms with Gasteiger partial charge >= 0.3 is 6.18 Å². The number of carbonyl (C=O) groups is 1. The van der Waals surface area contributed by atoms with Gasteiger partial charge in [0.1, 0.15) is 5.76 Å². The number of ketones is 1. The summed E-state index contributed by atoms with van der Waals surface area (Å²) in [5, 5.41) is 15.8. The molecule has 0 atom stereocenters. The molecule has 0 fully saturated rings. The van der Waals surface area contributed by atoms with Crippen molar-refractivity contribution in [3.05, 3.63) is 30.1 Å². The SMILES string of the molecule is O=C(/C=C(\O)c1ccnnc1)C(F)(F)F. The summed E-state index contributed by atoms with van der Waals surface area (Å²) >= 11 is 0. The average molecular weight is 218 g/mol. The first kappa shape index (κ1) is 11.2. The molecule has 0 saturated carbocycles. The molecular formula is C8H5F3N2O2. The predicted molar refractivity (Wildman–Crippen MR) is 43.7 cm³/mol. The Hall–Kier alpha value is -1.92. The normalized spacial score (nSPS) is 12.6. The molecule has 0 saturated heterocycles. The van der Waals surface area contributed by atoms with Crippen LogP contribution in [0.1, 0.15) is 5.56 Å². The molecule has 80 valence electrons. The molecule has 0 aromatic carbocycles. The molecule has 1 aromatic heterocycles. The second-order valence-corrected chi connectivity index (χ2v) is 2.52. The highest BCUT2D eigenvalue weighted by molar-refractivity contribution is 5.99. The van der Waals surface area contributed by atoms with Gasteiger partial charge in [-0.25, -0.2) is 0 Å². The molecule has 15 heavy (non-hydrogen) atoms. The number of alkyl halides is 3. The number of rotatable bonds is 2. The van der Waals surface area contributed by atoms with Crippen LogP contribution in [0, 0.1) is 0 Å². The molecule has 0 bridgehead atoms. The Bertz CT molecular complexity index is 387. The fourth-order valence-electron chi connectivity index (χ4n) is 0.732. The number of aromatic nitrogens is 2. The lowest BCUT2D eigenvalue weighted by molar-refractivity contribution is -0.165. The first-order chi connectivity index (χ1) is 6.91. The smallest absolute Gasteiger partial charge is 0.454 e. The minimum atomic E-state index is -4.99. The standard InChI is InChI=1S/C8H5F3N2O2/c9-8(10,11)7(15)3-6(14)5-1-2-12-13-4-5/h1-4,14H/b6-3-. The molecular weight excluding hydrogens is 213 g/mol. The Labute approximate surface area is 82.1 Å². The molecule has 1 N–H and O–H groups in total. The third-order valence-electron chi connectivity index (χ3n) is 1.43. The van der Waals surface area contributed by atoms with E-state index in [1.807, 2.05) is 0 Å². The molecule has 0 spiro atoms. The van der Waals surface area contributed by atoms with Crippen LogP contribution in [0.25, 0.3) is 5.76 Å². The van der Waals surface area contributed by atoms with Gasteiger partial charge in [-0.1, -0.05) is 0 Å². The monoisotopic (exact) mass is 218 g/mol. The number of hydrogen-bond acceptors (Lipinski definition) is 4. The second kappa shape index (κ2) is 4.07. The zero-order valence-electron chi connectivity index (χ0n) is 7.19. The summed E-state index contributed by atoms with van der Waals surface area (Å²) in [7, 11) is 0. The van der Waals surface area contributed by atoms with Crippen molar-refractivity contribution in [2.45, 2.75) is 6.18 Å². The van der Waals surface area contributed by atoms with E-state index in [0.29, 0.717) is 0 Å². The number of nitrogens with zero attached hydrogens (tertiary/aromatic N) is 2. The summed E-state index contributed by atoms with van der Waals surface area (Å²) in [5.74, 6) is -2.93. The van der Waals surface area contributed by atoms with Gasteiger partial charge in [0.15, 0.2) is 0 Å². The van der Waals surface area contributed by atoms with E-state index in [1.54, 1.807) is 0 Å². The van der Waals surface area contributed by atoms with Crippen LogP contribution < -0.4 is 0 Å². The summed E-state index contributed by atoms with van der Waals surface area (Å²) < 4.78 is 35.4. The summed E-state index contributed by atoms with van der Waals surface area (Å²) in [6.45, 7) is 0. The van der Waals surface area contributed by atoms with Gasteiger partial charge in [-0.05, 0) is 6.07 Å². The van der Waals surface area contributed by atoms with Gasteiger partial charge in [0.25, 0.3) is 5.78 Å². The average Bonchev–Trinajstić information content (AvgIpc) is 2.17. The van der Waals surface area contributed by atoms with E-state index in [4.69, 9.17) is 5.11 Å². The molecule has 0 unspecified atom stereocenters. The number of aliphatic hydroxyl groups is 1. The number of allylic oxidation sites excluding steroid dienone is 1. The van der Waals surface area contributed by atoms with Crippen LogP contribution in [0.5, 0.6) is 0 Å². The third kappa shape index (κ3) is 3.04. The van der Waals surface area contributed by atoms with Gasteiger partial charge in [-0.15, -0.1) is 0 Å². The highest BCUT2D eigenvalue weighted by atomic mass is 19.4. The highest BCUT2D eigenvalue weighted by Gasteiger charge is 2.36.